The summed E-state index contributed by atoms with van der Waals surface area (Å²) in [7, 11) is -4.08. The van der Waals surface area contributed by atoms with Gasteiger partial charge in [0.25, 0.3) is 0 Å². The van der Waals surface area contributed by atoms with Gasteiger partial charge in [0.15, 0.2) is 0 Å². The van der Waals surface area contributed by atoms with E-state index < -0.39 is 7.82 Å². The third kappa shape index (κ3) is 23.0. The summed E-state index contributed by atoms with van der Waals surface area (Å²) in [4.78, 5) is 24.6. The molecule has 0 aliphatic carbocycles. The second-order valence-corrected chi connectivity index (χ2v) is 13.4. The largest absolute Gasteiger partial charge is 0.472 e. The van der Waals surface area contributed by atoms with E-state index in [0.717, 1.165) is 38.8 Å². The van der Waals surface area contributed by atoms with Crippen LogP contribution in [0, 0.1) is 5.92 Å². The van der Waals surface area contributed by atoms with E-state index in [9.17, 15) is 14.3 Å². The van der Waals surface area contributed by atoms with Crippen LogP contribution in [-0.4, -0.2) is 48.4 Å². The van der Waals surface area contributed by atoms with E-state index in [0.29, 0.717) is 19.4 Å². The van der Waals surface area contributed by atoms with E-state index in [2.05, 4.69) is 11.8 Å². The molecule has 0 spiro atoms. The molecular formula is C32H64NO5P. The van der Waals surface area contributed by atoms with Crippen molar-refractivity contribution in [3.63, 3.8) is 0 Å². The molecule has 7 heteroatoms. The Balaban J connectivity index is 2.07. The third-order valence-electron chi connectivity index (χ3n) is 8.10. The zero-order chi connectivity index (χ0) is 28.4. The van der Waals surface area contributed by atoms with Gasteiger partial charge in [-0.05, 0) is 44.7 Å². The molecule has 2 unspecified atom stereocenters. The van der Waals surface area contributed by atoms with Crippen molar-refractivity contribution in [1.29, 1.82) is 0 Å². The van der Waals surface area contributed by atoms with Gasteiger partial charge in [0, 0.05) is 19.4 Å². The molecule has 0 aromatic rings. The van der Waals surface area contributed by atoms with Gasteiger partial charge in [-0.25, -0.2) is 4.57 Å². The van der Waals surface area contributed by atoms with Crippen LogP contribution in [0.5, 0.6) is 0 Å². The second kappa shape index (κ2) is 25.5. The third-order valence-corrected chi connectivity index (χ3v) is 9.08. The van der Waals surface area contributed by atoms with Crippen LogP contribution in [0.3, 0.4) is 0 Å². The minimum absolute atomic E-state index is 0.0111. The molecule has 2 atom stereocenters. The topological polar surface area (TPSA) is 76.1 Å². The summed E-state index contributed by atoms with van der Waals surface area (Å²) < 4.78 is 22.9. The minimum Gasteiger partial charge on any atom is -0.302 e. The number of unbranched alkanes of at least 4 members (excludes halogenated alkanes) is 16. The maximum atomic E-state index is 12.3. The predicted octanol–water partition coefficient (Wildman–Crippen LogP) is 9.63. The molecule has 1 heterocycles. The summed E-state index contributed by atoms with van der Waals surface area (Å²) >= 11 is 0. The first-order chi connectivity index (χ1) is 19.0. The summed E-state index contributed by atoms with van der Waals surface area (Å²) in [5.41, 5.74) is 0. The average molecular weight is 574 g/mol. The van der Waals surface area contributed by atoms with Crippen LogP contribution in [0.1, 0.15) is 162 Å². The van der Waals surface area contributed by atoms with E-state index in [-0.39, 0.29) is 24.9 Å². The maximum Gasteiger partial charge on any atom is 0.472 e. The van der Waals surface area contributed by atoms with Gasteiger partial charge in [0.05, 0.1) is 13.2 Å². The van der Waals surface area contributed by atoms with Gasteiger partial charge >= 0.3 is 7.82 Å². The molecule has 0 bridgehead atoms. The van der Waals surface area contributed by atoms with E-state index in [4.69, 9.17) is 9.05 Å². The van der Waals surface area contributed by atoms with Crippen molar-refractivity contribution in [1.82, 2.24) is 4.90 Å². The molecule has 39 heavy (non-hydrogen) atoms. The Morgan fingerprint density at radius 1 is 0.744 bits per heavy atom. The summed E-state index contributed by atoms with van der Waals surface area (Å²) in [6.45, 7) is 7.32. The Bertz CT molecular complexity index is 611. The number of Topliss-reactive ketones (excluding diaryl/α,β-unsaturated/α-hetero) is 1. The molecular weight excluding hydrogens is 509 g/mol. The summed E-state index contributed by atoms with van der Waals surface area (Å²) in [6.07, 6.45) is 27.9. The molecule has 0 aromatic carbocycles. The molecule has 0 amide bonds. The SMILES string of the molecule is CCCCCCCCCCCCCCCCCCCC(COP(=O)(O)OCCN1CCCC1)CC(=O)CCC. The molecule has 232 valence electrons. The lowest BCUT2D eigenvalue weighted by Crippen LogP contribution is -2.24. The number of ketones is 1. The molecule has 0 saturated carbocycles. The highest BCUT2D eigenvalue weighted by atomic mass is 31.2. The van der Waals surface area contributed by atoms with Crippen molar-refractivity contribution in [2.24, 2.45) is 5.92 Å². The van der Waals surface area contributed by atoms with Gasteiger partial charge in [-0.3, -0.25) is 13.8 Å². The van der Waals surface area contributed by atoms with E-state index >= 15 is 0 Å². The van der Waals surface area contributed by atoms with Crippen LogP contribution in [-0.2, 0) is 18.4 Å². The Labute approximate surface area is 242 Å². The van der Waals surface area contributed by atoms with Crippen LogP contribution in [0.4, 0.5) is 0 Å². The molecule has 1 fully saturated rings. The smallest absolute Gasteiger partial charge is 0.302 e. The number of rotatable bonds is 29. The highest BCUT2D eigenvalue weighted by Crippen LogP contribution is 2.44. The number of phosphoric acid groups is 1. The molecule has 1 N–H and O–H groups in total. The molecule has 1 saturated heterocycles. The zero-order valence-corrected chi connectivity index (χ0v) is 26.7. The fourth-order valence-corrected chi connectivity index (χ4v) is 6.42. The van der Waals surface area contributed by atoms with E-state index in [1.165, 1.54) is 109 Å². The van der Waals surface area contributed by atoms with Gasteiger partial charge in [0.2, 0.25) is 0 Å². The fourth-order valence-electron chi connectivity index (χ4n) is 5.63. The minimum atomic E-state index is -4.08. The molecule has 1 aliphatic heterocycles. The van der Waals surface area contributed by atoms with Gasteiger partial charge in [0.1, 0.15) is 5.78 Å². The van der Waals surface area contributed by atoms with Crippen LogP contribution in [0.2, 0.25) is 0 Å². The van der Waals surface area contributed by atoms with Gasteiger partial charge in [-0.2, -0.15) is 0 Å². The quantitative estimate of drug-likeness (QED) is 0.0709. The van der Waals surface area contributed by atoms with Crippen LogP contribution in [0.15, 0.2) is 0 Å². The van der Waals surface area contributed by atoms with Gasteiger partial charge < -0.3 is 9.79 Å². The van der Waals surface area contributed by atoms with Crippen molar-refractivity contribution < 1.29 is 23.3 Å². The number of nitrogens with zero attached hydrogens (tertiary/aromatic N) is 1. The van der Waals surface area contributed by atoms with Crippen LogP contribution in [0.25, 0.3) is 0 Å². The lowest BCUT2D eigenvalue weighted by Gasteiger charge is -2.20. The fraction of sp³-hybridized carbons (Fsp3) is 0.969. The summed E-state index contributed by atoms with van der Waals surface area (Å²) in [5.74, 6) is 0.212. The lowest BCUT2D eigenvalue weighted by atomic mass is 9.94. The molecule has 0 radical (unpaired) electrons. The Morgan fingerprint density at radius 2 is 1.23 bits per heavy atom. The normalized spacial score (nSPS) is 16.5. The summed E-state index contributed by atoms with van der Waals surface area (Å²) in [6, 6.07) is 0. The van der Waals surface area contributed by atoms with Crippen LogP contribution >= 0.6 is 7.82 Å². The first-order valence-corrected chi connectivity index (χ1v) is 18.3. The number of likely N-dealkylation sites (tertiary alicyclic amines) is 1. The monoisotopic (exact) mass is 573 g/mol. The molecule has 1 rings (SSSR count). The van der Waals surface area contributed by atoms with Crippen molar-refractivity contribution in [3.8, 4) is 0 Å². The second-order valence-electron chi connectivity index (χ2n) is 12.0. The highest BCUT2D eigenvalue weighted by Gasteiger charge is 2.25. The predicted molar refractivity (Wildman–Crippen MR) is 164 cm³/mol. The number of carbonyl (C=O) groups excluding carboxylic acids is 1. The van der Waals surface area contributed by atoms with E-state index in [1.807, 2.05) is 6.92 Å². The van der Waals surface area contributed by atoms with Gasteiger partial charge in [-0.1, -0.05) is 123 Å². The Morgan fingerprint density at radius 3 is 1.72 bits per heavy atom. The average Bonchev–Trinajstić information content (AvgIpc) is 3.42. The standard InChI is InChI=1S/C32H64NO5P/c1-3-5-6-7-8-9-10-11-12-13-14-15-16-17-18-19-20-24-31(29-32(34)23-4-2)30-38-39(35,36)37-28-27-33-25-21-22-26-33/h31H,3-30H2,1-2H3,(H,35,36). The number of hydrogen-bond donors (Lipinski definition) is 1. The van der Waals surface area contributed by atoms with Crippen LogP contribution < -0.4 is 0 Å². The zero-order valence-electron chi connectivity index (χ0n) is 25.9. The Hall–Kier alpha value is -0.260. The Kier molecular flexibility index (Phi) is 24.0. The number of carbonyl (C=O) groups is 1. The van der Waals surface area contributed by atoms with Crippen molar-refractivity contribution in [2.75, 3.05) is 32.8 Å². The van der Waals surface area contributed by atoms with Crippen molar-refractivity contribution in [2.45, 2.75) is 162 Å². The summed E-state index contributed by atoms with van der Waals surface area (Å²) in [5, 5.41) is 0. The first kappa shape index (κ1) is 36.8. The number of phosphoric ester groups is 1. The number of hydrogen-bond acceptors (Lipinski definition) is 5. The molecule has 1 aliphatic rings. The molecule has 0 aromatic heterocycles. The van der Waals surface area contributed by atoms with Crippen molar-refractivity contribution >= 4 is 13.6 Å². The van der Waals surface area contributed by atoms with Crippen molar-refractivity contribution in [3.05, 3.63) is 0 Å². The van der Waals surface area contributed by atoms with Gasteiger partial charge in [-0.15, -0.1) is 0 Å². The van der Waals surface area contributed by atoms with E-state index in [1.54, 1.807) is 0 Å². The first-order valence-electron chi connectivity index (χ1n) is 16.8. The highest BCUT2D eigenvalue weighted by molar-refractivity contribution is 7.47. The lowest BCUT2D eigenvalue weighted by molar-refractivity contribution is -0.120. The maximum absolute atomic E-state index is 12.3. The molecule has 6 nitrogen and oxygen atoms in total.